The van der Waals surface area contributed by atoms with Gasteiger partial charge in [-0.05, 0) is 18.4 Å². The zero-order chi connectivity index (χ0) is 24.9. The number of allylic oxidation sites excluding steroid dienone is 4. The van der Waals surface area contributed by atoms with E-state index in [9.17, 15) is 0 Å². The maximum absolute atomic E-state index is 4.86. The molecule has 6 rings (SSSR count). The fraction of sp³-hybridized carbons (Fsp3) is 0.0968. The Morgan fingerprint density at radius 1 is 0.486 bits per heavy atom. The normalized spacial score (nSPS) is 12.8. The molecular weight excluding hydrogens is 456 g/mol. The predicted molar refractivity (Wildman–Crippen MR) is 145 cm³/mol. The summed E-state index contributed by atoms with van der Waals surface area (Å²) in [6.45, 7) is 0. The van der Waals surface area contributed by atoms with Gasteiger partial charge in [-0.2, -0.15) is 0 Å². The van der Waals surface area contributed by atoms with E-state index in [2.05, 4.69) is 18.2 Å². The van der Waals surface area contributed by atoms with Crippen molar-refractivity contribution in [3.63, 3.8) is 0 Å². The van der Waals surface area contributed by atoms with Crippen molar-refractivity contribution in [2.45, 2.75) is 19.3 Å². The quantitative estimate of drug-likeness (QED) is 0.281. The van der Waals surface area contributed by atoms with Crippen LogP contribution in [0.5, 0.6) is 0 Å². The summed E-state index contributed by atoms with van der Waals surface area (Å²) in [7, 11) is 0. The lowest BCUT2D eigenvalue weighted by Crippen LogP contribution is -2.10. The van der Waals surface area contributed by atoms with Gasteiger partial charge in [-0.3, -0.25) is 0 Å². The summed E-state index contributed by atoms with van der Waals surface area (Å²) in [4.78, 5) is 28.9. The lowest BCUT2D eigenvalue weighted by Gasteiger charge is -2.12. The van der Waals surface area contributed by atoms with Crippen molar-refractivity contribution in [2.24, 2.45) is 0 Å². The van der Waals surface area contributed by atoms with Gasteiger partial charge in [0.1, 0.15) is 11.6 Å². The summed E-state index contributed by atoms with van der Waals surface area (Å²) in [6.07, 6.45) is 8.54. The summed E-state index contributed by atoms with van der Waals surface area (Å²) in [5.74, 6) is 3.85. The zero-order valence-electron chi connectivity index (χ0n) is 20.2. The predicted octanol–water partition coefficient (Wildman–Crippen LogP) is 6.38. The minimum Gasteiger partial charge on any atom is -0.213 e. The van der Waals surface area contributed by atoms with Crippen LogP contribution >= 0.6 is 0 Å². The van der Waals surface area contributed by atoms with Crippen molar-refractivity contribution in [3.05, 3.63) is 127 Å². The van der Waals surface area contributed by atoms with Crippen LogP contribution in [0.25, 0.3) is 39.7 Å². The van der Waals surface area contributed by atoms with E-state index in [4.69, 9.17) is 29.9 Å². The van der Waals surface area contributed by atoms with Crippen LogP contribution in [-0.4, -0.2) is 29.9 Å². The average Bonchev–Trinajstić information content (AvgIpc) is 2.99. The van der Waals surface area contributed by atoms with Crippen molar-refractivity contribution >= 4 is 5.57 Å². The Kier molecular flexibility index (Phi) is 6.37. The highest BCUT2D eigenvalue weighted by molar-refractivity contribution is 5.65. The van der Waals surface area contributed by atoms with Crippen LogP contribution in [0.2, 0.25) is 0 Å². The molecule has 1 aliphatic carbocycles. The van der Waals surface area contributed by atoms with Gasteiger partial charge >= 0.3 is 0 Å². The monoisotopic (exact) mass is 480 g/mol. The Morgan fingerprint density at radius 3 is 1.35 bits per heavy atom. The number of nitrogens with zero attached hydrogens (tertiary/aromatic N) is 6. The van der Waals surface area contributed by atoms with Gasteiger partial charge in [0.2, 0.25) is 0 Å². The second-order valence-electron chi connectivity index (χ2n) is 8.73. The van der Waals surface area contributed by atoms with Gasteiger partial charge in [0.05, 0.1) is 6.42 Å². The topological polar surface area (TPSA) is 77.3 Å². The number of hydrogen-bond donors (Lipinski definition) is 0. The molecule has 0 N–H and O–H groups in total. The van der Waals surface area contributed by atoms with Gasteiger partial charge in [0.15, 0.2) is 23.3 Å². The molecule has 6 heteroatoms. The van der Waals surface area contributed by atoms with E-state index in [1.807, 2.05) is 91.0 Å². The molecule has 0 amide bonds. The van der Waals surface area contributed by atoms with Gasteiger partial charge in [0.25, 0.3) is 0 Å². The van der Waals surface area contributed by atoms with E-state index < -0.39 is 0 Å². The lowest BCUT2D eigenvalue weighted by molar-refractivity contribution is 0.844. The van der Waals surface area contributed by atoms with E-state index in [0.29, 0.717) is 41.4 Å². The minimum absolute atomic E-state index is 0.362. The lowest BCUT2D eigenvalue weighted by atomic mass is 10.0. The average molecular weight is 481 g/mol. The van der Waals surface area contributed by atoms with Crippen LogP contribution in [0.4, 0.5) is 0 Å². The maximum atomic E-state index is 4.86. The molecule has 3 aromatic carbocycles. The third-order valence-electron chi connectivity index (χ3n) is 6.08. The van der Waals surface area contributed by atoms with E-state index in [1.54, 1.807) is 0 Å². The van der Waals surface area contributed by atoms with Crippen LogP contribution in [-0.2, 0) is 6.42 Å². The summed E-state index contributed by atoms with van der Waals surface area (Å²) in [6, 6.07) is 29.9. The fourth-order valence-corrected chi connectivity index (χ4v) is 4.22. The van der Waals surface area contributed by atoms with Gasteiger partial charge in [0, 0.05) is 16.7 Å². The third kappa shape index (κ3) is 5.23. The van der Waals surface area contributed by atoms with Crippen molar-refractivity contribution in [2.75, 3.05) is 0 Å². The first-order chi connectivity index (χ1) is 18.3. The third-order valence-corrected chi connectivity index (χ3v) is 6.08. The summed E-state index contributed by atoms with van der Waals surface area (Å²) >= 11 is 0. The van der Waals surface area contributed by atoms with Crippen LogP contribution in [0.3, 0.4) is 0 Å². The largest absolute Gasteiger partial charge is 0.213 e. The Balaban J connectivity index is 1.45. The molecular formula is C31H24N6. The Labute approximate surface area is 215 Å². The maximum Gasteiger partial charge on any atom is 0.163 e. The molecule has 5 aromatic rings. The second kappa shape index (κ2) is 10.4. The highest BCUT2D eigenvalue weighted by Crippen LogP contribution is 2.25. The highest BCUT2D eigenvalue weighted by Gasteiger charge is 2.16. The van der Waals surface area contributed by atoms with Gasteiger partial charge in [-0.15, -0.1) is 0 Å². The molecule has 0 saturated carbocycles. The molecule has 0 unspecified atom stereocenters. The van der Waals surface area contributed by atoms with Crippen molar-refractivity contribution in [1.82, 2.24) is 29.9 Å². The zero-order valence-corrected chi connectivity index (χ0v) is 20.2. The molecule has 0 saturated heterocycles. The molecule has 37 heavy (non-hydrogen) atoms. The van der Waals surface area contributed by atoms with Crippen molar-refractivity contribution in [3.8, 4) is 34.2 Å². The van der Waals surface area contributed by atoms with E-state index in [0.717, 1.165) is 35.1 Å². The summed E-state index contributed by atoms with van der Waals surface area (Å²) in [5.41, 5.74) is 3.92. The number of benzene rings is 3. The molecule has 0 spiro atoms. The molecule has 2 heterocycles. The Bertz CT molecular complexity index is 1520. The van der Waals surface area contributed by atoms with Gasteiger partial charge < -0.3 is 0 Å². The number of hydrogen-bond acceptors (Lipinski definition) is 6. The molecule has 1 aliphatic rings. The molecule has 0 fully saturated rings. The molecule has 2 aromatic heterocycles. The van der Waals surface area contributed by atoms with Crippen LogP contribution in [0, 0.1) is 0 Å². The Hall–Kier alpha value is -4.84. The molecule has 0 radical (unpaired) electrons. The standard InChI is InChI=1S/C31H24N6/c1-5-13-22(14-6-1)28-32-26(33-29(36-28)23-15-7-2-8-16-23)21-27-34-30(24-17-9-3-10-18-24)37-31(35-27)25-19-11-4-12-20-25/h1-11,13-19H,12,20-21H2. The van der Waals surface area contributed by atoms with Crippen LogP contribution < -0.4 is 0 Å². The highest BCUT2D eigenvalue weighted by atomic mass is 15.1. The van der Waals surface area contributed by atoms with Gasteiger partial charge in [-0.1, -0.05) is 109 Å². The van der Waals surface area contributed by atoms with Crippen molar-refractivity contribution < 1.29 is 0 Å². The van der Waals surface area contributed by atoms with E-state index >= 15 is 0 Å². The van der Waals surface area contributed by atoms with Gasteiger partial charge in [-0.25, -0.2) is 29.9 Å². The minimum atomic E-state index is 0.362. The first kappa shape index (κ1) is 22.6. The Morgan fingerprint density at radius 2 is 0.919 bits per heavy atom. The number of aromatic nitrogens is 6. The number of rotatable bonds is 6. The van der Waals surface area contributed by atoms with Crippen molar-refractivity contribution in [1.29, 1.82) is 0 Å². The van der Waals surface area contributed by atoms with Crippen LogP contribution in [0.1, 0.15) is 30.3 Å². The summed E-state index contributed by atoms with van der Waals surface area (Å²) < 4.78 is 0. The molecule has 0 atom stereocenters. The molecule has 6 nitrogen and oxygen atoms in total. The SMILES string of the molecule is C1=CCCC(c2nc(Cc3nc(-c4ccccc4)nc(-c4ccccc4)n3)nc(-c3ccccc3)n2)=C1. The van der Waals surface area contributed by atoms with E-state index in [1.165, 1.54) is 0 Å². The molecule has 0 aliphatic heterocycles. The smallest absolute Gasteiger partial charge is 0.163 e. The summed E-state index contributed by atoms with van der Waals surface area (Å²) in [5, 5.41) is 0. The molecule has 0 bridgehead atoms. The fourth-order valence-electron chi connectivity index (χ4n) is 4.22. The van der Waals surface area contributed by atoms with E-state index in [-0.39, 0.29) is 0 Å². The molecule has 178 valence electrons. The first-order valence-electron chi connectivity index (χ1n) is 12.3. The van der Waals surface area contributed by atoms with Crippen LogP contribution in [0.15, 0.2) is 109 Å². The first-order valence-corrected chi connectivity index (χ1v) is 12.3. The second-order valence-corrected chi connectivity index (χ2v) is 8.73.